The van der Waals surface area contributed by atoms with E-state index in [0.29, 0.717) is 6.42 Å². The largest absolute Gasteiger partial charge is 0.429 e. The Labute approximate surface area is 147 Å². The Morgan fingerprint density at radius 1 is 1.08 bits per heavy atom. The van der Waals surface area contributed by atoms with Crippen LogP contribution in [-0.2, 0) is 9.59 Å². The van der Waals surface area contributed by atoms with Crippen LogP contribution in [0.3, 0.4) is 0 Å². The molecule has 2 aromatic carbocycles. The monoisotopic (exact) mass is 364 g/mol. The van der Waals surface area contributed by atoms with Gasteiger partial charge in [0.2, 0.25) is 5.82 Å². The molecule has 0 atom stereocenters. The van der Waals surface area contributed by atoms with Crippen LogP contribution in [0, 0.1) is 17.5 Å². The topological polar surface area (TPSA) is 52.6 Å². The summed E-state index contributed by atoms with van der Waals surface area (Å²) in [7, 11) is 0. The third-order valence-electron chi connectivity index (χ3n) is 3.44. The molecule has 0 saturated carbocycles. The summed E-state index contributed by atoms with van der Waals surface area (Å²) >= 11 is 0. The highest BCUT2D eigenvalue weighted by Gasteiger charge is 2.20. The van der Waals surface area contributed by atoms with Crippen LogP contribution in [0.15, 0.2) is 42.5 Å². The normalized spacial score (nSPS) is 10.3. The molecule has 0 radical (unpaired) electrons. The Bertz CT molecular complexity index is 862. The van der Waals surface area contributed by atoms with Gasteiger partial charge in [0, 0.05) is 23.6 Å². The number of hydrogen-bond acceptors (Lipinski definition) is 4. The van der Waals surface area contributed by atoms with E-state index in [1.807, 2.05) is 0 Å². The highest BCUT2D eigenvalue weighted by molar-refractivity contribution is 5.73. The molecule has 0 N–H and O–H groups in total. The van der Waals surface area contributed by atoms with Crippen molar-refractivity contribution < 1.29 is 32.2 Å². The lowest BCUT2D eigenvalue weighted by molar-refractivity contribution is -0.134. The molecule has 0 unspecified atom stereocenters. The number of carbonyl (C=O) groups is 2. The van der Waals surface area contributed by atoms with Crippen LogP contribution >= 0.6 is 0 Å². The van der Waals surface area contributed by atoms with Crippen molar-refractivity contribution in [1.29, 1.82) is 0 Å². The van der Waals surface area contributed by atoms with Gasteiger partial charge in [0.15, 0.2) is 11.6 Å². The lowest BCUT2D eigenvalue weighted by Crippen LogP contribution is -2.09. The molecule has 0 spiro atoms. The number of hydrogen-bond donors (Lipinski definition) is 0. The smallest absolute Gasteiger partial charge is 0.311 e. The fraction of sp³-hybridized carbons (Fsp3) is 0.158. The van der Waals surface area contributed by atoms with Gasteiger partial charge in [-0.15, -0.1) is 6.58 Å². The lowest BCUT2D eigenvalue weighted by Gasteiger charge is -2.10. The van der Waals surface area contributed by atoms with Crippen LogP contribution < -0.4 is 9.47 Å². The maximum atomic E-state index is 14.3. The fourth-order valence-electron chi connectivity index (χ4n) is 2.15. The van der Waals surface area contributed by atoms with Crippen LogP contribution in [0.1, 0.15) is 19.8 Å². The molecule has 2 aromatic rings. The number of rotatable bonds is 7. The van der Waals surface area contributed by atoms with Crippen LogP contribution in [0.5, 0.6) is 11.5 Å². The maximum Gasteiger partial charge on any atom is 0.311 e. The van der Waals surface area contributed by atoms with Crippen molar-refractivity contribution >= 4 is 12.4 Å². The molecular weight excluding hydrogens is 349 g/mol. The predicted octanol–water partition coefficient (Wildman–Crippen LogP) is 4.57. The molecule has 7 heteroatoms. The van der Waals surface area contributed by atoms with Crippen molar-refractivity contribution in [1.82, 2.24) is 0 Å². The van der Waals surface area contributed by atoms with E-state index in [0.717, 1.165) is 29.8 Å². The zero-order valence-electron chi connectivity index (χ0n) is 13.9. The van der Waals surface area contributed by atoms with Crippen LogP contribution in [0.2, 0.25) is 0 Å². The van der Waals surface area contributed by atoms with Gasteiger partial charge in [0.05, 0.1) is 0 Å². The van der Waals surface area contributed by atoms with Crippen molar-refractivity contribution in [3.8, 4) is 22.6 Å². The van der Waals surface area contributed by atoms with Gasteiger partial charge in [-0.25, -0.2) is 8.78 Å². The average Bonchev–Trinajstić information content (AvgIpc) is 2.58. The van der Waals surface area contributed by atoms with E-state index in [-0.39, 0.29) is 29.8 Å². The Morgan fingerprint density at radius 2 is 1.77 bits per heavy atom. The van der Waals surface area contributed by atoms with Gasteiger partial charge in [0.25, 0.3) is 6.47 Å². The molecule has 0 bridgehead atoms. The number of carbonyl (C=O) groups excluding carboxylic acids is 2. The van der Waals surface area contributed by atoms with E-state index in [1.165, 1.54) is 6.07 Å². The molecule has 0 aliphatic heterocycles. The summed E-state index contributed by atoms with van der Waals surface area (Å²) in [6.45, 7) is 5.47. The zero-order chi connectivity index (χ0) is 19.3. The SMILES string of the molecule is C=C(C)CCC(=O)Oc1ccc(-c2ccc(OC=O)cc2F)c(F)c1F. The Balaban J connectivity index is 2.28. The second kappa shape index (κ2) is 8.33. The van der Waals surface area contributed by atoms with Crippen molar-refractivity contribution in [3.05, 3.63) is 59.9 Å². The summed E-state index contributed by atoms with van der Waals surface area (Å²) in [5, 5.41) is 0. The van der Waals surface area contributed by atoms with Gasteiger partial charge < -0.3 is 9.47 Å². The summed E-state index contributed by atoms with van der Waals surface area (Å²) in [5.41, 5.74) is 0.153. The summed E-state index contributed by atoms with van der Waals surface area (Å²) < 4.78 is 51.8. The molecule has 0 fully saturated rings. The number of benzene rings is 2. The molecule has 0 aliphatic rings. The van der Waals surface area contributed by atoms with E-state index >= 15 is 0 Å². The Hall–Kier alpha value is -3.09. The molecule has 0 aliphatic carbocycles. The van der Waals surface area contributed by atoms with Crippen molar-refractivity contribution in [2.45, 2.75) is 19.8 Å². The predicted molar refractivity (Wildman–Crippen MR) is 88.1 cm³/mol. The summed E-state index contributed by atoms with van der Waals surface area (Å²) in [5.74, 6) is -5.07. The lowest BCUT2D eigenvalue weighted by atomic mass is 10.0. The van der Waals surface area contributed by atoms with Gasteiger partial charge in [-0.05, 0) is 37.6 Å². The average molecular weight is 364 g/mol. The second-order valence-corrected chi connectivity index (χ2v) is 5.53. The molecule has 0 saturated heterocycles. The minimum atomic E-state index is -1.40. The Morgan fingerprint density at radius 3 is 2.38 bits per heavy atom. The van der Waals surface area contributed by atoms with Crippen LogP contribution in [-0.4, -0.2) is 12.4 Å². The van der Waals surface area contributed by atoms with E-state index in [9.17, 15) is 22.8 Å². The van der Waals surface area contributed by atoms with E-state index in [4.69, 9.17) is 4.74 Å². The molecular formula is C19H15F3O4. The first-order valence-electron chi connectivity index (χ1n) is 7.56. The summed E-state index contributed by atoms with van der Waals surface area (Å²) in [6, 6.07) is 5.38. The Kier molecular flexibility index (Phi) is 6.16. The van der Waals surface area contributed by atoms with Crippen molar-refractivity contribution in [3.63, 3.8) is 0 Å². The number of esters is 1. The molecule has 0 heterocycles. The van der Waals surface area contributed by atoms with Gasteiger partial charge in [0.1, 0.15) is 11.6 Å². The summed E-state index contributed by atoms with van der Waals surface area (Å²) in [6.07, 6.45) is 0.340. The molecule has 4 nitrogen and oxygen atoms in total. The number of halogens is 3. The van der Waals surface area contributed by atoms with Crippen LogP contribution in [0.25, 0.3) is 11.1 Å². The molecule has 136 valence electrons. The third kappa shape index (κ3) is 4.50. The first kappa shape index (κ1) is 19.2. The van der Waals surface area contributed by atoms with Gasteiger partial charge >= 0.3 is 5.97 Å². The van der Waals surface area contributed by atoms with Gasteiger partial charge in [-0.2, -0.15) is 4.39 Å². The second-order valence-electron chi connectivity index (χ2n) is 5.53. The zero-order valence-corrected chi connectivity index (χ0v) is 13.9. The van der Waals surface area contributed by atoms with E-state index in [2.05, 4.69) is 11.3 Å². The molecule has 2 rings (SSSR count). The minimum Gasteiger partial charge on any atom is -0.429 e. The van der Waals surface area contributed by atoms with Crippen molar-refractivity contribution in [2.75, 3.05) is 0 Å². The summed E-state index contributed by atoms with van der Waals surface area (Å²) in [4.78, 5) is 21.9. The van der Waals surface area contributed by atoms with Gasteiger partial charge in [-0.1, -0.05) is 5.57 Å². The maximum absolute atomic E-state index is 14.3. The molecule has 26 heavy (non-hydrogen) atoms. The van der Waals surface area contributed by atoms with Crippen LogP contribution in [0.4, 0.5) is 13.2 Å². The quantitative estimate of drug-likeness (QED) is 0.313. The fourth-order valence-corrected chi connectivity index (χ4v) is 2.15. The first-order chi connectivity index (χ1) is 12.3. The number of allylic oxidation sites excluding steroid dienone is 1. The van der Waals surface area contributed by atoms with Gasteiger partial charge in [-0.3, -0.25) is 9.59 Å². The number of ether oxygens (including phenoxy) is 2. The first-order valence-corrected chi connectivity index (χ1v) is 7.56. The van der Waals surface area contributed by atoms with E-state index < -0.39 is 29.2 Å². The highest BCUT2D eigenvalue weighted by Crippen LogP contribution is 2.33. The standard InChI is InChI=1S/C19H15F3O4/c1-11(2)3-8-17(24)26-16-7-6-14(18(21)19(16)22)13-5-4-12(25-10-23)9-15(13)20/h4-7,9-10H,1,3,8H2,2H3. The molecule has 0 aromatic heterocycles. The third-order valence-corrected chi connectivity index (χ3v) is 3.44. The minimum absolute atomic E-state index is 0.0229. The van der Waals surface area contributed by atoms with Crippen molar-refractivity contribution in [2.24, 2.45) is 0 Å². The molecule has 0 amide bonds. The highest BCUT2D eigenvalue weighted by atomic mass is 19.2. The van der Waals surface area contributed by atoms with E-state index in [1.54, 1.807) is 6.92 Å².